The molecule has 23 heavy (non-hydrogen) atoms. The van der Waals surface area contributed by atoms with Crippen LogP contribution in [0.15, 0.2) is 54.6 Å². The summed E-state index contributed by atoms with van der Waals surface area (Å²) in [5, 5.41) is 27.5. The number of ketones is 1. The summed E-state index contributed by atoms with van der Waals surface area (Å²) in [5.41, 5.74) is -0.471. The first-order chi connectivity index (χ1) is 11.0. The molecule has 4 nitrogen and oxygen atoms in total. The summed E-state index contributed by atoms with van der Waals surface area (Å²) in [6, 6.07) is 14.8. The number of phenols is 2. The van der Waals surface area contributed by atoms with Gasteiger partial charge in [-0.3, -0.25) is 4.79 Å². The summed E-state index contributed by atoms with van der Waals surface area (Å²) in [6.45, 7) is 0. The second kappa shape index (κ2) is 7.79. The van der Waals surface area contributed by atoms with E-state index in [1.807, 2.05) is 18.2 Å². The lowest BCUT2D eigenvalue weighted by Gasteiger charge is -2.30. The predicted molar refractivity (Wildman–Crippen MR) is 88.6 cm³/mol. The van der Waals surface area contributed by atoms with Gasteiger partial charge < -0.3 is 15.3 Å². The normalized spacial score (nSPS) is 16.0. The van der Waals surface area contributed by atoms with Gasteiger partial charge in [0.05, 0.1) is 0 Å². The first-order valence-corrected chi connectivity index (χ1v) is 7.81. The van der Waals surface area contributed by atoms with Crippen molar-refractivity contribution in [2.24, 2.45) is 0 Å². The quantitative estimate of drug-likeness (QED) is 0.584. The van der Waals surface area contributed by atoms with Crippen LogP contribution >= 0.6 is 0 Å². The van der Waals surface area contributed by atoms with Crippen molar-refractivity contribution in [2.45, 2.75) is 37.7 Å². The molecular weight excluding hydrogens is 292 g/mol. The molecule has 2 aromatic carbocycles. The number of aliphatic hydroxyl groups is 1. The Morgan fingerprint density at radius 3 is 1.74 bits per heavy atom. The van der Waals surface area contributed by atoms with Gasteiger partial charge in [0, 0.05) is 5.56 Å². The summed E-state index contributed by atoms with van der Waals surface area (Å²) in [4.78, 5) is 12.1. The Kier molecular flexibility index (Phi) is 5.77. The van der Waals surface area contributed by atoms with E-state index in [0.717, 1.165) is 19.3 Å². The highest BCUT2D eigenvalue weighted by Crippen LogP contribution is 2.30. The van der Waals surface area contributed by atoms with Gasteiger partial charge in [0.2, 0.25) is 0 Å². The van der Waals surface area contributed by atoms with E-state index in [9.17, 15) is 9.90 Å². The molecule has 3 N–H and O–H groups in total. The number of carbonyl (C=O) groups excluding carboxylic acids is 1. The third kappa shape index (κ3) is 4.83. The molecule has 0 amide bonds. The van der Waals surface area contributed by atoms with Crippen LogP contribution in [0.4, 0.5) is 0 Å². The number of phenolic OH excluding ortho intramolecular Hbond substituents is 2. The lowest BCUT2D eigenvalue weighted by Crippen LogP contribution is -2.40. The molecule has 3 rings (SSSR count). The molecule has 2 aromatic rings. The predicted octanol–water partition coefficient (Wildman–Crippen LogP) is 3.66. The van der Waals surface area contributed by atoms with Gasteiger partial charge in [0.25, 0.3) is 0 Å². The first kappa shape index (κ1) is 17.0. The van der Waals surface area contributed by atoms with E-state index in [4.69, 9.17) is 10.2 Å². The molecule has 0 unspecified atom stereocenters. The van der Waals surface area contributed by atoms with Crippen LogP contribution in [0.3, 0.4) is 0 Å². The van der Waals surface area contributed by atoms with Gasteiger partial charge in [-0.05, 0) is 37.1 Å². The Hall–Kier alpha value is -2.33. The Labute approximate surface area is 136 Å². The van der Waals surface area contributed by atoms with Crippen molar-refractivity contribution in [3.63, 3.8) is 0 Å². The van der Waals surface area contributed by atoms with Gasteiger partial charge in [-0.2, -0.15) is 0 Å². The van der Waals surface area contributed by atoms with Gasteiger partial charge in [-0.1, -0.05) is 49.6 Å². The number of aromatic hydroxyl groups is 2. The standard InChI is InChI=1S/C13H16O2.C6H6O2/c14-12(11-7-3-1-4-8-11)13(15)9-5-2-6-10-13;7-5-1-2-6(8)4-3-5/h1,3-4,7-8,15H,2,5-6,9-10H2;1-4,7-8H. The lowest BCUT2D eigenvalue weighted by molar-refractivity contribution is 0.0116. The zero-order chi connectivity index (χ0) is 16.7. The summed E-state index contributed by atoms with van der Waals surface area (Å²) < 4.78 is 0. The zero-order valence-corrected chi connectivity index (χ0v) is 13.0. The molecule has 1 aliphatic carbocycles. The molecule has 0 bridgehead atoms. The monoisotopic (exact) mass is 314 g/mol. The number of benzene rings is 2. The first-order valence-electron chi connectivity index (χ1n) is 7.81. The van der Waals surface area contributed by atoms with E-state index in [1.165, 1.54) is 24.3 Å². The van der Waals surface area contributed by atoms with Gasteiger partial charge >= 0.3 is 0 Å². The minimum Gasteiger partial charge on any atom is -0.508 e. The maximum absolute atomic E-state index is 12.1. The highest BCUT2D eigenvalue weighted by Gasteiger charge is 2.37. The average Bonchev–Trinajstić information content (AvgIpc) is 2.59. The van der Waals surface area contributed by atoms with Crippen LogP contribution in [0.5, 0.6) is 11.5 Å². The smallest absolute Gasteiger partial charge is 0.194 e. The maximum Gasteiger partial charge on any atom is 0.194 e. The molecule has 0 aliphatic heterocycles. The van der Waals surface area contributed by atoms with Crippen molar-refractivity contribution in [3.05, 3.63) is 60.2 Å². The van der Waals surface area contributed by atoms with Crippen LogP contribution in [0, 0.1) is 0 Å². The van der Waals surface area contributed by atoms with Crippen LogP contribution in [0.1, 0.15) is 42.5 Å². The highest BCUT2D eigenvalue weighted by atomic mass is 16.3. The number of carbonyl (C=O) groups is 1. The molecule has 0 radical (unpaired) electrons. The molecule has 0 spiro atoms. The summed E-state index contributed by atoms with van der Waals surface area (Å²) in [7, 11) is 0. The Morgan fingerprint density at radius 2 is 1.26 bits per heavy atom. The molecule has 1 fully saturated rings. The molecule has 1 saturated carbocycles. The molecular formula is C19H22O4. The van der Waals surface area contributed by atoms with Crippen molar-refractivity contribution >= 4 is 5.78 Å². The largest absolute Gasteiger partial charge is 0.508 e. The van der Waals surface area contributed by atoms with Crippen molar-refractivity contribution in [1.82, 2.24) is 0 Å². The van der Waals surface area contributed by atoms with Crippen LogP contribution < -0.4 is 0 Å². The van der Waals surface area contributed by atoms with E-state index in [1.54, 1.807) is 12.1 Å². The third-order valence-electron chi connectivity index (χ3n) is 3.99. The van der Waals surface area contributed by atoms with Crippen molar-refractivity contribution in [3.8, 4) is 11.5 Å². The molecule has 0 heterocycles. The van der Waals surface area contributed by atoms with E-state index in [2.05, 4.69) is 0 Å². The van der Waals surface area contributed by atoms with Gasteiger partial charge in [0.15, 0.2) is 5.78 Å². The topological polar surface area (TPSA) is 77.8 Å². The van der Waals surface area contributed by atoms with Gasteiger partial charge in [0.1, 0.15) is 17.1 Å². The number of rotatable bonds is 2. The van der Waals surface area contributed by atoms with Crippen LogP contribution in [0.2, 0.25) is 0 Å². The summed E-state index contributed by atoms with van der Waals surface area (Å²) in [5.74, 6) is 0.230. The SMILES string of the molecule is O=C(c1ccccc1)C1(O)CCCCC1.Oc1ccc(O)cc1. The molecule has 122 valence electrons. The second-order valence-corrected chi connectivity index (χ2v) is 5.80. The second-order valence-electron chi connectivity index (χ2n) is 5.80. The van der Waals surface area contributed by atoms with Crippen molar-refractivity contribution in [2.75, 3.05) is 0 Å². The minimum atomic E-state index is -1.10. The molecule has 0 saturated heterocycles. The zero-order valence-electron chi connectivity index (χ0n) is 13.0. The minimum absolute atomic E-state index is 0.109. The number of hydrogen-bond acceptors (Lipinski definition) is 4. The third-order valence-corrected chi connectivity index (χ3v) is 3.99. The molecule has 4 heteroatoms. The molecule has 0 aromatic heterocycles. The molecule has 1 aliphatic rings. The van der Waals surface area contributed by atoms with Crippen molar-refractivity contribution < 1.29 is 20.1 Å². The average molecular weight is 314 g/mol. The maximum atomic E-state index is 12.1. The van der Waals surface area contributed by atoms with Crippen molar-refractivity contribution in [1.29, 1.82) is 0 Å². The van der Waals surface area contributed by atoms with Crippen LogP contribution in [-0.4, -0.2) is 26.7 Å². The fourth-order valence-electron chi connectivity index (χ4n) is 2.67. The highest BCUT2D eigenvalue weighted by molar-refractivity contribution is 6.02. The van der Waals surface area contributed by atoms with E-state index >= 15 is 0 Å². The Balaban J connectivity index is 0.000000203. The fraction of sp³-hybridized carbons (Fsp3) is 0.316. The summed E-state index contributed by atoms with van der Waals surface area (Å²) >= 11 is 0. The molecule has 0 atom stereocenters. The van der Waals surface area contributed by atoms with E-state index in [-0.39, 0.29) is 17.3 Å². The van der Waals surface area contributed by atoms with E-state index < -0.39 is 5.60 Å². The van der Waals surface area contributed by atoms with Crippen LogP contribution in [0.25, 0.3) is 0 Å². The van der Waals surface area contributed by atoms with Crippen LogP contribution in [-0.2, 0) is 0 Å². The lowest BCUT2D eigenvalue weighted by atomic mass is 9.79. The number of hydrogen-bond donors (Lipinski definition) is 3. The van der Waals surface area contributed by atoms with Gasteiger partial charge in [-0.15, -0.1) is 0 Å². The van der Waals surface area contributed by atoms with Gasteiger partial charge in [-0.25, -0.2) is 0 Å². The summed E-state index contributed by atoms with van der Waals surface area (Å²) in [6.07, 6.45) is 4.26. The Bertz CT molecular complexity index is 593. The van der Waals surface area contributed by atoms with E-state index in [0.29, 0.717) is 18.4 Å². The number of Topliss-reactive ketones (excluding diaryl/α,β-unsaturated/α-hetero) is 1. The fourth-order valence-corrected chi connectivity index (χ4v) is 2.67. The Morgan fingerprint density at radius 1 is 0.783 bits per heavy atom.